The minimum atomic E-state index is -0.724. The zero-order valence-corrected chi connectivity index (χ0v) is 13.3. The minimum Gasteiger partial charge on any atom is -0.365 e. The van der Waals surface area contributed by atoms with Crippen molar-refractivity contribution in [2.24, 2.45) is 0 Å². The van der Waals surface area contributed by atoms with E-state index in [-0.39, 0.29) is 17.9 Å². The molecule has 2 amide bonds. The normalized spacial score (nSPS) is 26.9. The molecule has 2 aliphatic rings. The summed E-state index contributed by atoms with van der Waals surface area (Å²) in [5, 5.41) is 2.95. The predicted molar refractivity (Wildman–Crippen MR) is 85.0 cm³/mol. The number of hydrogen-bond acceptors (Lipinski definition) is 3. The van der Waals surface area contributed by atoms with Gasteiger partial charge in [0.25, 0.3) is 5.91 Å². The average molecular weight is 302 g/mol. The van der Waals surface area contributed by atoms with Crippen LogP contribution >= 0.6 is 0 Å². The summed E-state index contributed by atoms with van der Waals surface area (Å²) in [6.07, 6.45) is 2.48. The molecule has 22 heavy (non-hydrogen) atoms. The van der Waals surface area contributed by atoms with Crippen molar-refractivity contribution in [2.75, 3.05) is 16.8 Å². The van der Waals surface area contributed by atoms with E-state index in [0.29, 0.717) is 6.61 Å². The standard InChI is InChI=1S/C17H22N2O3/c1-11-9-13-10-14(5-6-15(13)19(11)12(2)20)18-16(21)17(3)7-4-8-22-17/h5-6,10-11H,4,7-9H2,1-3H3,(H,18,21)/t11-,17-/m0/s1. The molecule has 0 bridgehead atoms. The predicted octanol–water partition coefficient (Wildman–Crippen LogP) is 2.49. The quantitative estimate of drug-likeness (QED) is 0.913. The highest BCUT2D eigenvalue weighted by atomic mass is 16.5. The van der Waals surface area contributed by atoms with Crippen molar-refractivity contribution in [3.05, 3.63) is 23.8 Å². The first kappa shape index (κ1) is 15.0. The Hall–Kier alpha value is -1.88. The molecule has 1 aromatic carbocycles. The number of carbonyl (C=O) groups excluding carboxylic acids is 2. The van der Waals surface area contributed by atoms with Crippen LogP contribution in [0.1, 0.15) is 39.2 Å². The molecule has 2 atom stereocenters. The third-order valence-corrected chi connectivity index (χ3v) is 4.59. The Morgan fingerprint density at radius 2 is 2.18 bits per heavy atom. The van der Waals surface area contributed by atoms with Gasteiger partial charge in [0.1, 0.15) is 5.60 Å². The molecule has 5 heteroatoms. The minimum absolute atomic E-state index is 0.0508. The van der Waals surface area contributed by atoms with Crippen LogP contribution < -0.4 is 10.2 Å². The molecule has 0 aliphatic carbocycles. The maximum absolute atomic E-state index is 12.4. The number of benzene rings is 1. The van der Waals surface area contributed by atoms with E-state index in [1.165, 1.54) is 0 Å². The van der Waals surface area contributed by atoms with Crippen molar-refractivity contribution in [3.63, 3.8) is 0 Å². The number of ether oxygens (including phenoxy) is 1. The number of carbonyl (C=O) groups is 2. The summed E-state index contributed by atoms with van der Waals surface area (Å²) in [6.45, 7) is 6.09. The molecule has 0 unspecified atom stereocenters. The van der Waals surface area contributed by atoms with E-state index < -0.39 is 5.60 Å². The maximum Gasteiger partial charge on any atom is 0.256 e. The number of anilines is 2. The first-order valence-electron chi connectivity index (χ1n) is 7.79. The Morgan fingerprint density at radius 3 is 2.82 bits per heavy atom. The number of hydrogen-bond donors (Lipinski definition) is 1. The van der Waals surface area contributed by atoms with E-state index >= 15 is 0 Å². The van der Waals surface area contributed by atoms with Crippen LogP contribution in [0, 0.1) is 0 Å². The smallest absolute Gasteiger partial charge is 0.256 e. The van der Waals surface area contributed by atoms with Crippen molar-refractivity contribution in [2.45, 2.75) is 51.7 Å². The molecule has 1 aromatic rings. The van der Waals surface area contributed by atoms with Crippen molar-refractivity contribution in [3.8, 4) is 0 Å². The van der Waals surface area contributed by atoms with Crippen molar-refractivity contribution < 1.29 is 14.3 Å². The Labute approximate surface area is 130 Å². The Balaban J connectivity index is 1.79. The van der Waals surface area contributed by atoms with Crippen LogP contribution in [-0.2, 0) is 20.7 Å². The number of rotatable bonds is 2. The lowest BCUT2D eigenvalue weighted by Crippen LogP contribution is -2.39. The van der Waals surface area contributed by atoms with Crippen LogP contribution in [0.2, 0.25) is 0 Å². The molecule has 0 radical (unpaired) electrons. The van der Waals surface area contributed by atoms with Gasteiger partial charge in [-0.25, -0.2) is 0 Å². The lowest BCUT2D eigenvalue weighted by molar-refractivity contribution is -0.133. The molecular weight excluding hydrogens is 280 g/mol. The average Bonchev–Trinajstić information content (AvgIpc) is 3.02. The molecule has 3 rings (SSSR count). The van der Waals surface area contributed by atoms with Gasteiger partial charge in [-0.15, -0.1) is 0 Å². The Kier molecular flexibility index (Phi) is 3.68. The van der Waals surface area contributed by atoms with Gasteiger partial charge in [0, 0.05) is 30.9 Å². The second-order valence-electron chi connectivity index (χ2n) is 6.42. The largest absolute Gasteiger partial charge is 0.365 e. The van der Waals surface area contributed by atoms with Gasteiger partial charge in [0.05, 0.1) is 0 Å². The van der Waals surface area contributed by atoms with Crippen LogP contribution in [0.5, 0.6) is 0 Å². The molecule has 0 spiro atoms. The fraction of sp³-hybridized carbons (Fsp3) is 0.529. The molecular formula is C17H22N2O3. The summed E-state index contributed by atoms with van der Waals surface area (Å²) < 4.78 is 5.57. The van der Waals surface area contributed by atoms with Gasteiger partial charge >= 0.3 is 0 Å². The number of nitrogens with zero attached hydrogens (tertiary/aromatic N) is 1. The SMILES string of the molecule is CC(=O)N1c2ccc(NC(=O)[C@]3(C)CCCO3)cc2C[C@@H]1C. The molecule has 2 heterocycles. The lowest BCUT2D eigenvalue weighted by atomic mass is 10.0. The van der Waals surface area contributed by atoms with Gasteiger partial charge < -0.3 is 15.0 Å². The molecule has 2 aliphatic heterocycles. The van der Waals surface area contributed by atoms with Crippen LogP contribution in [-0.4, -0.2) is 30.1 Å². The van der Waals surface area contributed by atoms with E-state index in [9.17, 15) is 9.59 Å². The summed E-state index contributed by atoms with van der Waals surface area (Å²) in [7, 11) is 0. The number of fused-ring (bicyclic) bond motifs is 1. The highest BCUT2D eigenvalue weighted by Crippen LogP contribution is 2.34. The summed E-state index contributed by atoms with van der Waals surface area (Å²) >= 11 is 0. The number of nitrogens with one attached hydrogen (secondary N) is 1. The third kappa shape index (κ3) is 2.50. The van der Waals surface area contributed by atoms with Crippen LogP contribution in [0.3, 0.4) is 0 Å². The highest BCUT2D eigenvalue weighted by molar-refractivity contribution is 5.98. The van der Waals surface area contributed by atoms with E-state index in [0.717, 1.165) is 36.2 Å². The van der Waals surface area contributed by atoms with Crippen LogP contribution in [0.4, 0.5) is 11.4 Å². The monoisotopic (exact) mass is 302 g/mol. The van der Waals surface area contributed by atoms with Crippen LogP contribution in [0.25, 0.3) is 0 Å². The van der Waals surface area contributed by atoms with E-state index in [4.69, 9.17) is 4.74 Å². The summed E-state index contributed by atoms with van der Waals surface area (Å²) in [4.78, 5) is 25.9. The van der Waals surface area contributed by atoms with E-state index in [1.54, 1.807) is 6.92 Å². The lowest BCUT2D eigenvalue weighted by Gasteiger charge is -2.22. The van der Waals surface area contributed by atoms with Gasteiger partial charge in [-0.3, -0.25) is 9.59 Å². The Bertz CT molecular complexity index is 620. The van der Waals surface area contributed by atoms with E-state index in [2.05, 4.69) is 5.32 Å². The second-order valence-corrected chi connectivity index (χ2v) is 6.42. The summed E-state index contributed by atoms with van der Waals surface area (Å²) in [5.74, 6) is -0.0469. The van der Waals surface area contributed by atoms with Gasteiger partial charge in [-0.05, 0) is 56.9 Å². The van der Waals surface area contributed by atoms with Gasteiger partial charge in [-0.1, -0.05) is 0 Å². The van der Waals surface area contributed by atoms with Gasteiger partial charge in [-0.2, -0.15) is 0 Å². The molecule has 5 nitrogen and oxygen atoms in total. The summed E-state index contributed by atoms with van der Waals surface area (Å²) in [6, 6.07) is 5.89. The number of amides is 2. The zero-order chi connectivity index (χ0) is 15.9. The van der Waals surface area contributed by atoms with Crippen LogP contribution in [0.15, 0.2) is 18.2 Å². The topological polar surface area (TPSA) is 58.6 Å². The molecule has 1 fully saturated rings. The molecule has 1 saturated heterocycles. The molecule has 118 valence electrons. The molecule has 1 N–H and O–H groups in total. The highest BCUT2D eigenvalue weighted by Gasteiger charge is 2.38. The van der Waals surface area contributed by atoms with E-state index in [1.807, 2.05) is 36.9 Å². The second kappa shape index (κ2) is 5.39. The van der Waals surface area contributed by atoms with Crippen molar-refractivity contribution >= 4 is 23.2 Å². The fourth-order valence-electron chi connectivity index (χ4n) is 3.41. The third-order valence-electron chi connectivity index (χ3n) is 4.59. The Morgan fingerprint density at radius 1 is 1.41 bits per heavy atom. The first-order chi connectivity index (χ1) is 10.4. The summed E-state index contributed by atoms with van der Waals surface area (Å²) in [5.41, 5.74) is 2.08. The van der Waals surface area contributed by atoms with Crippen molar-refractivity contribution in [1.29, 1.82) is 0 Å². The first-order valence-corrected chi connectivity index (χ1v) is 7.79. The van der Waals surface area contributed by atoms with Gasteiger partial charge in [0.2, 0.25) is 5.91 Å². The van der Waals surface area contributed by atoms with Gasteiger partial charge in [0.15, 0.2) is 0 Å². The fourth-order valence-corrected chi connectivity index (χ4v) is 3.41. The van der Waals surface area contributed by atoms with Crippen molar-refractivity contribution in [1.82, 2.24) is 0 Å². The molecule has 0 saturated carbocycles. The zero-order valence-electron chi connectivity index (χ0n) is 13.3. The maximum atomic E-state index is 12.4. The molecule has 0 aromatic heterocycles.